The Kier molecular flexibility index (Phi) is 6.05. The Morgan fingerprint density at radius 3 is 2.81 bits per heavy atom. The van der Waals surface area contributed by atoms with Gasteiger partial charge in [-0.15, -0.1) is 0 Å². The van der Waals surface area contributed by atoms with Crippen LogP contribution in [0.3, 0.4) is 0 Å². The third-order valence-corrected chi connectivity index (χ3v) is 5.14. The lowest BCUT2D eigenvalue weighted by Gasteiger charge is -2.37. The van der Waals surface area contributed by atoms with Gasteiger partial charge in [0.1, 0.15) is 5.69 Å². The average molecular weight is 362 g/mol. The highest BCUT2D eigenvalue weighted by Crippen LogP contribution is 2.32. The van der Waals surface area contributed by atoms with Gasteiger partial charge in [0.15, 0.2) is 0 Å². The molecule has 0 aromatic heterocycles. The fourth-order valence-corrected chi connectivity index (χ4v) is 3.80. The van der Waals surface area contributed by atoms with Crippen molar-refractivity contribution in [2.75, 3.05) is 57.9 Å². The number of nitrogens with one attached hydrogen (secondary N) is 1. The van der Waals surface area contributed by atoms with Crippen LogP contribution in [0.1, 0.15) is 23.2 Å². The summed E-state index contributed by atoms with van der Waals surface area (Å²) in [7, 11) is 1.52. The molecule has 1 amide bonds. The third kappa shape index (κ3) is 4.31. The van der Waals surface area contributed by atoms with E-state index < -0.39 is 4.92 Å². The van der Waals surface area contributed by atoms with Gasteiger partial charge in [-0.3, -0.25) is 19.8 Å². The Balaban J connectivity index is 1.74. The number of nitrogens with zero attached hydrogens (tertiary/aromatic N) is 3. The lowest BCUT2D eigenvalue weighted by atomic mass is 9.96. The minimum atomic E-state index is -0.395. The number of ether oxygens (including phenoxy) is 1. The van der Waals surface area contributed by atoms with E-state index in [2.05, 4.69) is 15.1 Å². The average Bonchev–Trinajstić information content (AvgIpc) is 2.68. The van der Waals surface area contributed by atoms with Gasteiger partial charge in [-0.05, 0) is 30.9 Å². The number of benzene rings is 1. The van der Waals surface area contributed by atoms with E-state index >= 15 is 0 Å². The maximum atomic E-state index is 11.8. The first kappa shape index (κ1) is 18.6. The minimum absolute atomic E-state index is 0.00174. The highest BCUT2D eigenvalue weighted by atomic mass is 16.6. The van der Waals surface area contributed by atoms with Crippen molar-refractivity contribution in [2.45, 2.75) is 12.8 Å². The largest absolute Gasteiger partial charge is 0.379 e. The second kappa shape index (κ2) is 8.46. The molecule has 0 spiro atoms. The predicted octanol–water partition coefficient (Wildman–Crippen LogP) is 1.50. The van der Waals surface area contributed by atoms with Gasteiger partial charge in [-0.25, -0.2) is 0 Å². The number of carbonyl (C=O) groups excluding carboxylic acids is 1. The van der Waals surface area contributed by atoms with Crippen molar-refractivity contribution >= 4 is 17.3 Å². The topological polar surface area (TPSA) is 88.0 Å². The van der Waals surface area contributed by atoms with Crippen molar-refractivity contribution in [3.8, 4) is 0 Å². The summed E-state index contributed by atoms with van der Waals surface area (Å²) in [6.07, 6.45) is 2.15. The molecule has 3 rings (SSSR count). The number of piperidine rings is 1. The molecule has 0 bridgehead atoms. The Morgan fingerprint density at radius 2 is 2.12 bits per heavy atom. The zero-order chi connectivity index (χ0) is 18.5. The van der Waals surface area contributed by atoms with Crippen LogP contribution in [-0.4, -0.2) is 68.7 Å². The van der Waals surface area contributed by atoms with E-state index in [1.54, 1.807) is 12.1 Å². The van der Waals surface area contributed by atoms with E-state index in [0.29, 0.717) is 17.2 Å². The first-order valence-corrected chi connectivity index (χ1v) is 9.14. The van der Waals surface area contributed by atoms with Crippen molar-refractivity contribution in [3.63, 3.8) is 0 Å². The van der Waals surface area contributed by atoms with Gasteiger partial charge >= 0.3 is 0 Å². The summed E-state index contributed by atoms with van der Waals surface area (Å²) < 4.78 is 5.40. The van der Waals surface area contributed by atoms with Gasteiger partial charge in [-0.1, -0.05) is 0 Å². The quantitative estimate of drug-likeness (QED) is 0.631. The summed E-state index contributed by atoms with van der Waals surface area (Å²) in [5.74, 6) is 0.170. The molecule has 0 radical (unpaired) electrons. The highest BCUT2D eigenvalue weighted by Gasteiger charge is 2.28. The SMILES string of the molecule is CNC(=O)c1ccc(N2CCCC(CN3CCOCC3)C2)c([N+](=O)[O-])c1. The molecule has 0 aliphatic carbocycles. The molecule has 142 valence electrons. The minimum Gasteiger partial charge on any atom is -0.379 e. The summed E-state index contributed by atoms with van der Waals surface area (Å²) in [5, 5.41) is 14.1. The van der Waals surface area contributed by atoms with Crippen LogP contribution in [0.15, 0.2) is 18.2 Å². The Labute approximate surface area is 153 Å². The molecule has 1 aromatic rings. The van der Waals surface area contributed by atoms with Crippen LogP contribution >= 0.6 is 0 Å². The number of rotatable bonds is 5. The number of anilines is 1. The normalized spacial score (nSPS) is 21.4. The number of hydrogen-bond donors (Lipinski definition) is 1. The number of morpholine rings is 1. The Bertz CT molecular complexity index is 661. The lowest BCUT2D eigenvalue weighted by Crippen LogP contribution is -2.44. The van der Waals surface area contributed by atoms with E-state index in [0.717, 1.165) is 58.8 Å². The molecule has 8 nitrogen and oxygen atoms in total. The Hall–Kier alpha value is -2.19. The smallest absolute Gasteiger partial charge is 0.293 e. The van der Waals surface area contributed by atoms with Gasteiger partial charge in [0.05, 0.1) is 18.1 Å². The fraction of sp³-hybridized carbons (Fsp3) is 0.611. The zero-order valence-corrected chi connectivity index (χ0v) is 15.1. The maximum Gasteiger partial charge on any atom is 0.293 e. The molecule has 8 heteroatoms. The highest BCUT2D eigenvalue weighted by molar-refractivity contribution is 5.95. The van der Waals surface area contributed by atoms with Crippen molar-refractivity contribution in [1.29, 1.82) is 0 Å². The number of hydrogen-bond acceptors (Lipinski definition) is 6. The second-order valence-corrected chi connectivity index (χ2v) is 6.91. The van der Waals surface area contributed by atoms with Gasteiger partial charge in [0, 0.05) is 51.4 Å². The predicted molar refractivity (Wildman–Crippen MR) is 98.7 cm³/mol. The van der Waals surface area contributed by atoms with Crippen LogP contribution in [0.2, 0.25) is 0 Å². The van der Waals surface area contributed by atoms with Gasteiger partial charge in [0.25, 0.3) is 11.6 Å². The molecular weight excluding hydrogens is 336 g/mol. The monoisotopic (exact) mass is 362 g/mol. The standard InChI is InChI=1S/C18H26N4O4/c1-19-18(23)15-4-5-16(17(11-15)22(24)25)21-6-2-3-14(13-21)12-20-7-9-26-10-8-20/h4-5,11,14H,2-3,6-10,12-13H2,1H3,(H,19,23). The molecule has 2 heterocycles. The summed E-state index contributed by atoms with van der Waals surface area (Å²) >= 11 is 0. The molecule has 2 aliphatic heterocycles. The third-order valence-electron chi connectivity index (χ3n) is 5.14. The van der Waals surface area contributed by atoms with E-state index in [1.807, 2.05) is 0 Å². The lowest BCUT2D eigenvalue weighted by molar-refractivity contribution is -0.384. The van der Waals surface area contributed by atoms with E-state index in [4.69, 9.17) is 4.74 Å². The fourth-order valence-electron chi connectivity index (χ4n) is 3.80. The van der Waals surface area contributed by atoms with Crippen molar-refractivity contribution in [1.82, 2.24) is 10.2 Å². The maximum absolute atomic E-state index is 11.8. The van der Waals surface area contributed by atoms with Crippen LogP contribution in [0.4, 0.5) is 11.4 Å². The van der Waals surface area contributed by atoms with Crippen LogP contribution in [0.5, 0.6) is 0 Å². The van der Waals surface area contributed by atoms with Crippen LogP contribution in [0.25, 0.3) is 0 Å². The Morgan fingerprint density at radius 1 is 1.35 bits per heavy atom. The summed E-state index contributed by atoms with van der Waals surface area (Å²) in [6, 6.07) is 4.74. The molecule has 0 saturated carbocycles. The van der Waals surface area contributed by atoms with E-state index in [9.17, 15) is 14.9 Å². The molecule has 1 N–H and O–H groups in total. The van der Waals surface area contributed by atoms with Crippen LogP contribution in [-0.2, 0) is 4.74 Å². The number of amides is 1. The number of nitro benzene ring substituents is 1. The molecule has 1 unspecified atom stereocenters. The van der Waals surface area contributed by atoms with E-state index in [1.165, 1.54) is 13.1 Å². The van der Waals surface area contributed by atoms with E-state index in [-0.39, 0.29) is 11.6 Å². The summed E-state index contributed by atoms with van der Waals surface area (Å²) in [4.78, 5) is 27.5. The van der Waals surface area contributed by atoms with Crippen LogP contribution < -0.4 is 10.2 Å². The van der Waals surface area contributed by atoms with Crippen molar-refractivity contribution in [2.24, 2.45) is 5.92 Å². The second-order valence-electron chi connectivity index (χ2n) is 6.91. The molecule has 2 aliphatic rings. The summed E-state index contributed by atoms with van der Waals surface area (Å²) in [6.45, 7) is 6.09. The summed E-state index contributed by atoms with van der Waals surface area (Å²) in [5.41, 5.74) is 0.914. The molecule has 2 saturated heterocycles. The molecule has 1 atom stereocenters. The number of nitro groups is 1. The number of carbonyl (C=O) groups is 1. The zero-order valence-electron chi connectivity index (χ0n) is 15.1. The first-order valence-electron chi connectivity index (χ1n) is 9.14. The van der Waals surface area contributed by atoms with Gasteiger partial charge in [-0.2, -0.15) is 0 Å². The van der Waals surface area contributed by atoms with Gasteiger partial charge < -0.3 is 15.0 Å². The van der Waals surface area contributed by atoms with Crippen molar-refractivity contribution in [3.05, 3.63) is 33.9 Å². The molecule has 2 fully saturated rings. The molecule has 1 aromatic carbocycles. The van der Waals surface area contributed by atoms with Gasteiger partial charge in [0.2, 0.25) is 0 Å². The van der Waals surface area contributed by atoms with Crippen LogP contribution in [0, 0.1) is 16.0 Å². The molecular formula is C18H26N4O4. The first-order chi connectivity index (χ1) is 12.6. The molecule has 26 heavy (non-hydrogen) atoms. The van der Waals surface area contributed by atoms with Crippen molar-refractivity contribution < 1.29 is 14.5 Å².